The van der Waals surface area contributed by atoms with Gasteiger partial charge < -0.3 is 14.4 Å². The van der Waals surface area contributed by atoms with Gasteiger partial charge in [0.2, 0.25) is 0 Å². The number of amides is 1. The second-order valence-corrected chi connectivity index (χ2v) is 10.5. The summed E-state index contributed by atoms with van der Waals surface area (Å²) >= 11 is 0. The van der Waals surface area contributed by atoms with Gasteiger partial charge >= 0.3 is 0 Å². The minimum Gasteiger partial charge on any atom is -0.495 e. The van der Waals surface area contributed by atoms with E-state index in [1.54, 1.807) is 42.3 Å². The van der Waals surface area contributed by atoms with Gasteiger partial charge in [0.15, 0.2) is 0 Å². The van der Waals surface area contributed by atoms with Gasteiger partial charge in [0.25, 0.3) is 15.9 Å². The highest BCUT2D eigenvalue weighted by Crippen LogP contribution is 2.32. The van der Waals surface area contributed by atoms with Crippen LogP contribution in [0.2, 0.25) is 0 Å². The van der Waals surface area contributed by atoms with Gasteiger partial charge in [0, 0.05) is 49.6 Å². The molecule has 192 valence electrons. The lowest BCUT2D eigenvalue weighted by molar-refractivity contribution is 0.0977. The Morgan fingerprint density at radius 3 is 2.76 bits per heavy atom. The predicted molar refractivity (Wildman–Crippen MR) is 139 cm³/mol. The van der Waals surface area contributed by atoms with E-state index in [9.17, 15) is 13.2 Å². The summed E-state index contributed by atoms with van der Waals surface area (Å²) in [5.74, 6) is -0.313. The monoisotopic (exact) mass is 521 g/mol. The molecule has 1 unspecified atom stereocenters. The van der Waals surface area contributed by atoms with Crippen molar-refractivity contribution >= 4 is 32.5 Å². The second kappa shape index (κ2) is 10.2. The predicted octanol–water partition coefficient (Wildman–Crippen LogP) is 3.02. The van der Waals surface area contributed by atoms with Crippen LogP contribution in [0.3, 0.4) is 0 Å². The van der Waals surface area contributed by atoms with Crippen LogP contribution in [0.25, 0.3) is 16.6 Å². The van der Waals surface area contributed by atoms with E-state index in [1.807, 2.05) is 24.4 Å². The molecule has 11 heteroatoms. The first-order valence-corrected chi connectivity index (χ1v) is 13.3. The molecule has 37 heavy (non-hydrogen) atoms. The van der Waals surface area contributed by atoms with E-state index in [2.05, 4.69) is 19.7 Å². The molecule has 0 saturated carbocycles. The van der Waals surface area contributed by atoms with E-state index in [1.165, 1.54) is 19.2 Å². The van der Waals surface area contributed by atoms with Crippen molar-refractivity contribution in [2.75, 3.05) is 38.8 Å². The minimum absolute atomic E-state index is 0.0224. The van der Waals surface area contributed by atoms with Gasteiger partial charge in [-0.25, -0.2) is 22.8 Å². The molecule has 1 aliphatic heterocycles. The number of methoxy groups -OCH3 is 2. The van der Waals surface area contributed by atoms with Crippen LogP contribution in [0.1, 0.15) is 16.9 Å². The first-order valence-electron chi connectivity index (χ1n) is 11.8. The van der Waals surface area contributed by atoms with Crippen molar-refractivity contribution in [2.45, 2.75) is 11.3 Å². The number of benzene rings is 2. The fourth-order valence-electron chi connectivity index (χ4n) is 4.62. The summed E-state index contributed by atoms with van der Waals surface area (Å²) in [6, 6.07) is 15.4. The number of hydrogen-bond acceptors (Lipinski definition) is 8. The van der Waals surface area contributed by atoms with Crippen LogP contribution in [0.4, 0.5) is 5.69 Å². The number of nitrogens with zero attached hydrogens (tertiary/aromatic N) is 4. The zero-order valence-electron chi connectivity index (χ0n) is 20.5. The van der Waals surface area contributed by atoms with Crippen LogP contribution >= 0.6 is 0 Å². The molecule has 1 N–H and O–H groups in total. The van der Waals surface area contributed by atoms with E-state index in [4.69, 9.17) is 9.47 Å². The zero-order valence-corrected chi connectivity index (χ0v) is 21.3. The smallest absolute Gasteiger partial charge is 0.283 e. The molecule has 5 rings (SSSR count). The van der Waals surface area contributed by atoms with Gasteiger partial charge in [-0.15, -0.1) is 0 Å². The molecule has 1 fully saturated rings. The van der Waals surface area contributed by atoms with Gasteiger partial charge in [-0.3, -0.25) is 4.79 Å². The molecule has 0 aliphatic carbocycles. The standard InChI is InChI=1S/C26H27N5O5S/c1-35-17-18-11-14-30(16-18)19-7-10-24(36-2)25(15-19)37(33,34)29-26(32)22-9-8-20-21(28-22)5-3-6-23(20)31-13-4-12-27-31/h3-10,12-13,15,18H,11,14,16-17H2,1-2H3,(H,29,32). The number of carbonyl (C=O) groups excluding carboxylic acids is 1. The first kappa shape index (κ1) is 24.7. The van der Waals surface area contributed by atoms with E-state index in [-0.39, 0.29) is 16.3 Å². The lowest BCUT2D eigenvalue weighted by atomic mass is 10.1. The SMILES string of the molecule is COCC1CCN(c2ccc(OC)c(S(=O)(=O)NC(=O)c3ccc4c(-n5cccn5)cccc4n3)c2)C1. The number of fused-ring (bicyclic) bond motifs is 1. The molecule has 2 aromatic carbocycles. The van der Waals surface area contributed by atoms with Crippen LogP contribution in [-0.4, -0.2) is 63.0 Å². The van der Waals surface area contributed by atoms with Gasteiger partial charge in [0.1, 0.15) is 16.3 Å². The highest BCUT2D eigenvalue weighted by atomic mass is 32.2. The molecule has 10 nitrogen and oxygen atoms in total. The molecule has 4 aromatic rings. The molecule has 1 aliphatic rings. The van der Waals surface area contributed by atoms with Crippen molar-refractivity contribution in [3.8, 4) is 11.4 Å². The Kier molecular flexibility index (Phi) is 6.81. The molecule has 2 aromatic heterocycles. The molecule has 0 radical (unpaired) electrons. The van der Waals surface area contributed by atoms with Crippen molar-refractivity contribution in [3.05, 3.63) is 72.7 Å². The van der Waals surface area contributed by atoms with E-state index in [0.717, 1.165) is 36.3 Å². The highest BCUT2D eigenvalue weighted by molar-refractivity contribution is 7.90. The summed E-state index contributed by atoms with van der Waals surface area (Å²) in [7, 11) is -1.19. The number of rotatable bonds is 8. The molecule has 1 saturated heterocycles. The van der Waals surface area contributed by atoms with Crippen molar-refractivity contribution in [1.29, 1.82) is 0 Å². The van der Waals surface area contributed by atoms with Gasteiger partial charge in [-0.1, -0.05) is 6.07 Å². The maximum atomic E-state index is 13.3. The summed E-state index contributed by atoms with van der Waals surface area (Å²) < 4.78 is 41.0. The molecule has 3 heterocycles. The van der Waals surface area contributed by atoms with Gasteiger partial charge in [-0.2, -0.15) is 5.10 Å². The third-order valence-corrected chi connectivity index (χ3v) is 7.76. The number of pyridine rings is 1. The molecule has 0 bridgehead atoms. The lowest BCUT2D eigenvalue weighted by Crippen LogP contribution is -2.31. The topological polar surface area (TPSA) is 116 Å². The molecule has 1 atom stereocenters. The van der Waals surface area contributed by atoms with Crippen molar-refractivity contribution in [3.63, 3.8) is 0 Å². The maximum absolute atomic E-state index is 13.3. The largest absolute Gasteiger partial charge is 0.495 e. The van der Waals surface area contributed by atoms with Crippen LogP contribution < -0.4 is 14.4 Å². The number of nitrogens with one attached hydrogen (secondary N) is 1. The Labute approximate surface area is 214 Å². The summed E-state index contributed by atoms with van der Waals surface area (Å²) in [4.78, 5) is 19.4. The zero-order chi connectivity index (χ0) is 26.0. The summed E-state index contributed by atoms with van der Waals surface area (Å²) in [5.41, 5.74) is 2.05. The molecule has 0 spiro atoms. The van der Waals surface area contributed by atoms with E-state index in [0.29, 0.717) is 18.0 Å². The Morgan fingerprint density at radius 1 is 1.14 bits per heavy atom. The van der Waals surface area contributed by atoms with Crippen LogP contribution in [-0.2, 0) is 14.8 Å². The van der Waals surface area contributed by atoms with Crippen molar-refractivity contribution < 1.29 is 22.7 Å². The lowest BCUT2D eigenvalue weighted by Gasteiger charge is -2.20. The van der Waals surface area contributed by atoms with Crippen LogP contribution in [0.5, 0.6) is 5.75 Å². The average molecular weight is 522 g/mol. The highest BCUT2D eigenvalue weighted by Gasteiger charge is 2.27. The Hall–Kier alpha value is -3.96. The Morgan fingerprint density at radius 2 is 2.00 bits per heavy atom. The van der Waals surface area contributed by atoms with E-state index >= 15 is 0 Å². The number of carbonyl (C=O) groups is 1. The molecule has 1 amide bonds. The Balaban J connectivity index is 1.41. The van der Waals surface area contributed by atoms with Crippen molar-refractivity contribution in [1.82, 2.24) is 19.5 Å². The Bertz CT molecular complexity index is 1540. The molecular weight excluding hydrogens is 494 g/mol. The summed E-state index contributed by atoms with van der Waals surface area (Å²) in [6.45, 7) is 2.19. The molecular formula is C26H27N5O5S. The van der Waals surface area contributed by atoms with Gasteiger partial charge in [0.05, 0.1) is 24.9 Å². The number of sulfonamides is 1. The average Bonchev–Trinajstić information content (AvgIpc) is 3.60. The van der Waals surface area contributed by atoms with Crippen LogP contribution in [0.15, 0.2) is 71.9 Å². The third kappa shape index (κ3) is 5.00. The fraction of sp³-hybridized carbons (Fsp3) is 0.269. The minimum atomic E-state index is -4.25. The number of ether oxygens (including phenoxy) is 2. The van der Waals surface area contributed by atoms with Crippen molar-refractivity contribution in [2.24, 2.45) is 5.92 Å². The number of aromatic nitrogens is 3. The van der Waals surface area contributed by atoms with E-state index < -0.39 is 15.9 Å². The maximum Gasteiger partial charge on any atom is 0.283 e. The second-order valence-electron chi connectivity index (χ2n) is 8.82. The normalized spacial score (nSPS) is 15.7. The fourth-order valence-corrected chi connectivity index (χ4v) is 5.77. The number of hydrogen-bond donors (Lipinski definition) is 1. The summed E-state index contributed by atoms with van der Waals surface area (Å²) in [5, 5.41) is 5.03. The first-order chi connectivity index (χ1) is 17.9. The third-order valence-electron chi connectivity index (χ3n) is 6.41. The van der Waals surface area contributed by atoms with Gasteiger partial charge in [-0.05, 0) is 55.0 Å². The quantitative estimate of drug-likeness (QED) is 0.376. The van der Waals surface area contributed by atoms with Crippen LogP contribution in [0, 0.1) is 5.92 Å². The number of anilines is 1. The summed E-state index contributed by atoms with van der Waals surface area (Å²) in [6.07, 6.45) is 4.43.